The van der Waals surface area contributed by atoms with E-state index in [-0.39, 0.29) is 12.0 Å². The molecular formula is C17H25NO2. The summed E-state index contributed by atoms with van der Waals surface area (Å²) < 4.78 is 5.03. The summed E-state index contributed by atoms with van der Waals surface area (Å²) in [5.41, 5.74) is 1.25. The fourth-order valence-corrected chi connectivity index (χ4v) is 3.25. The number of likely N-dealkylation sites (tertiary alicyclic amines) is 1. The third kappa shape index (κ3) is 3.04. The van der Waals surface area contributed by atoms with E-state index in [1.165, 1.54) is 12.7 Å². The minimum Gasteiger partial charge on any atom is -0.468 e. The first-order chi connectivity index (χ1) is 9.54. The van der Waals surface area contributed by atoms with Crippen LogP contribution < -0.4 is 0 Å². The van der Waals surface area contributed by atoms with Crippen LogP contribution in [-0.2, 0) is 16.1 Å². The van der Waals surface area contributed by atoms with Gasteiger partial charge in [0.1, 0.15) is 6.04 Å². The average molecular weight is 275 g/mol. The molecule has 0 bridgehead atoms. The number of methoxy groups -OCH3 is 1. The van der Waals surface area contributed by atoms with Gasteiger partial charge in [-0.1, -0.05) is 51.1 Å². The number of benzene rings is 1. The molecular weight excluding hydrogens is 250 g/mol. The van der Waals surface area contributed by atoms with Crippen molar-refractivity contribution >= 4 is 5.97 Å². The second kappa shape index (κ2) is 6.40. The van der Waals surface area contributed by atoms with Gasteiger partial charge in [-0.15, -0.1) is 0 Å². The molecule has 0 amide bonds. The number of piperidine rings is 1. The quantitative estimate of drug-likeness (QED) is 0.794. The molecule has 1 aromatic rings. The first-order valence-electron chi connectivity index (χ1n) is 7.40. The molecule has 1 fully saturated rings. The molecule has 0 aromatic heterocycles. The van der Waals surface area contributed by atoms with E-state index in [0.29, 0.717) is 17.8 Å². The normalized spacial score (nSPS) is 31.0. The summed E-state index contributed by atoms with van der Waals surface area (Å²) in [6.07, 6.45) is 0. The summed E-state index contributed by atoms with van der Waals surface area (Å²) in [5, 5.41) is 0. The number of rotatable bonds is 3. The molecule has 4 atom stereocenters. The highest BCUT2D eigenvalue weighted by Crippen LogP contribution is 2.34. The number of hydrogen-bond donors (Lipinski definition) is 0. The van der Waals surface area contributed by atoms with Crippen LogP contribution in [0.3, 0.4) is 0 Å². The Bertz CT molecular complexity index is 446. The van der Waals surface area contributed by atoms with E-state index in [9.17, 15) is 4.79 Å². The number of hydrogen-bond acceptors (Lipinski definition) is 3. The van der Waals surface area contributed by atoms with Gasteiger partial charge in [0.05, 0.1) is 7.11 Å². The topological polar surface area (TPSA) is 29.5 Å². The van der Waals surface area contributed by atoms with Crippen LogP contribution >= 0.6 is 0 Å². The maximum absolute atomic E-state index is 12.2. The predicted molar refractivity (Wildman–Crippen MR) is 80.1 cm³/mol. The molecule has 0 radical (unpaired) electrons. The average Bonchev–Trinajstić information content (AvgIpc) is 2.45. The number of ether oxygens (including phenoxy) is 1. The van der Waals surface area contributed by atoms with Crippen molar-refractivity contribution in [2.45, 2.75) is 33.4 Å². The van der Waals surface area contributed by atoms with Gasteiger partial charge in [0.2, 0.25) is 0 Å². The van der Waals surface area contributed by atoms with Crippen LogP contribution in [0.1, 0.15) is 26.3 Å². The van der Waals surface area contributed by atoms with Crippen LogP contribution in [0.2, 0.25) is 0 Å². The molecule has 20 heavy (non-hydrogen) atoms. The monoisotopic (exact) mass is 275 g/mol. The molecule has 0 saturated carbocycles. The van der Waals surface area contributed by atoms with Crippen molar-refractivity contribution in [2.75, 3.05) is 13.7 Å². The van der Waals surface area contributed by atoms with E-state index in [1.807, 2.05) is 18.2 Å². The summed E-state index contributed by atoms with van der Waals surface area (Å²) in [4.78, 5) is 14.4. The molecule has 1 aliphatic rings. The van der Waals surface area contributed by atoms with Gasteiger partial charge < -0.3 is 4.74 Å². The molecule has 0 spiro atoms. The maximum Gasteiger partial charge on any atom is 0.323 e. The molecule has 3 heteroatoms. The smallest absolute Gasteiger partial charge is 0.323 e. The Labute approximate surface area is 121 Å². The minimum atomic E-state index is -0.133. The highest BCUT2D eigenvalue weighted by Gasteiger charge is 2.41. The summed E-state index contributed by atoms with van der Waals surface area (Å²) in [5.74, 6) is 1.34. The predicted octanol–water partition coefficient (Wildman–Crippen LogP) is 2.95. The Balaban J connectivity index is 2.20. The summed E-state index contributed by atoms with van der Waals surface area (Å²) in [7, 11) is 1.48. The van der Waals surface area contributed by atoms with Gasteiger partial charge in [0.25, 0.3) is 0 Å². The number of carbonyl (C=O) groups excluding carboxylic acids is 1. The van der Waals surface area contributed by atoms with Crippen LogP contribution in [0, 0.1) is 17.8 Å². The fraction of sp³-hybridized carbons (Fsp3) is 0.588. The second-order valence-corrected chi connectivity index (χ2v) is 6.08. The largest absolute Gasteiger partial charge is 0.468 e. The van der Waals surface area contributed by atoms with Gasteiger partial charge in [-0.2, -0.15) is 0 Å². The first kappa shape index (κ1) is 15.0. The lowest BCUT2D eigenvalue weighted by Crippen LogP contribution is -2.54. The van der Waals surface area contributed by atoms with Crippen LogP contribution in [0.5, 0.6) is 0 Å². The third-order valence-corrected chi connectivity index (χ3v) is 4.81. The van der Waals surface area contributed by atoms with Gasteiger partial charge in [-0.3, -0.25) is 9.69 Å². The van der Waals surface area contributed by atoms with Crippen LogP contribution in [0.15, 0.2) is 30.3 Å². The molecule has 0 aliphatic carbocycles. The zero-order valence-electron chi connectivity index (χ0n) is 12.9. The molecule has 3 nitrogen and oxygen atoms in total. The summed E-state index contributed by atoms with van der Waals surface area (Å²) >= 11 is 0. The zero-order chi connectivity index (χ0) is 14.7. The maximum atomic E-state index is 12.2. The SMILES string of the molecule is COC(=O)[C@H]1[C@@H](C)[C@H](C)[C@H](C)CN1Cc1ccccc1. The van der Waals surface area contributed by atoms with Crippen molar-refractivity contribution in [1.29, 1.82) is 0 Å². The van der Waals surface area contributed by atoms with E-state index in [2.05, 4.69) is 37.8 Å². The summed E-state index contributed by atoms with van der Waals surface area (Å²) in [6, 6.07) is 10.2. The fourth-order valence-electron chi connectivity index (χ4n) is 3.25. The Morgan fingerprint density at radius 2 is 1.85 bits per heavy atom. The third-order valence-electron chi connectivity index (χ3n) is 4.81. The molecule has 1 heterocycles. The van der Waals surface area contributed by atoms with Gasteiger partial charge >= 0.3 is 5.97 Å². The lowest BCUT2D eigenvalue weighted by Gasteiger charge is -2.45. The molecule has 0 N–H and O–H groups in total. The molecule has 2 rings (SSSR count). The van der Waals surface area contributed by atoms with E-state index in [4.69, 9.17) is 4.74 Å². The standard InChI is InChI=1S/C17H25NO2/c1-12-10-18(11-15-8-6-5-7-9-15)16(17(19)20-4)14(3)13(12)2/h5-9,12-14,16H,10-11H2,1-4H3/t12-,13-,14+,16-/m1/s1. The van der Waals surface area contributed by atoms with Crippen LogP contribution in [0.4, 0.5) is 0 Å². The molecule has 1 saturated heterocycles. The molecule has 110 valence electrons. The zero-order valence-corrected chi connectivity index (χ0v) is 12.9. The van der Waals surface area contributed by atoms with E-state index >= 15 is 0 Å². The van der Waals surface area contributed by atoms with Crippen molar-refractivity contribution in [3.05, 3.63) is 35.9 Å². The Morgan fingerprint density at radius 3 is 2.45 bits per heavy atom. The lowest BCUT2D eigenvalue weighted by atomic mass is 9.76. The minimum absolute atomic E-state index is 0.104. The number of carbonyl (C=O) groups is 1. The van der Waals surface area contributed by atoms with Gasteiger partial charge in [-0.25, -0.2) is 0 Å². The molecule has 1 aromatic carbocycles. The van der Waals surface area contributed by atoms with Gasteiger partial charge in [0, 0.05) is 13.1 Å². The number of esters is 1. The Hall–Kier alpha value is -1.35. The first-order valence-corrected chi connectivity index (χ1v) is 7.40. The van der Waals surface area contributed by atoms with Crippen LogP contribution in [-0.4, -0.2) is 30.6 Å². The summed E-state index contributed by atoms with van der Waals surface area (Å²) in [6.45, 7) is 8.43. The van der Waals surface area contributed by atoms with E-state index in [1.54, 1.807) is 0 Å². The van der Waals surface area contributed by atoms with Crippen molar-refractivity contribution in [1.82, 2.24) is 4.90 Å². The Morgan fingerprint density at radius 1 is 1.20 bits per heavy atom. The lowest BCUT2D eigenvalue weighted by molar-refractivity contribution is -0.153. The highest BCUT2D eigenvalue weighted by atomic mass is 16.5. The van der Waals surface area contributed by atoms with E-state index < -0.39 is 0 Å². The van der Waals surface area contributed by atoms with Gasteiger partial charge in [-0.05, 0) is 23.3 Å². The van der Waals surface area contributed by atoms with Crippen molar-refractivity contribution in [3.8, 4) is 0 Å². The Kier molecular flexibility index (Phi) is 4.81. The van der Waals surface area contributed by atoms with Crippen LogP contribution in [0.25, 0.3) is 0 Å². The highest BCUT2D eigenvalue weighted by molar-refractivity contribution is 5.76. The second-order valence-electron chi connectivity index (χ2n) is 6.08. The van der Waals surface area contributed by atoms with Gasteiger partial charge in [0.15, 0.2) is 0 Å². The van der Waals surface area contributed by atoms with Crippen molar-refractivity contribution < 1.29 is 9.53 Å². The number of nitrogens with zero attached hydrogens (tertiary/aromatic N) is 1. The molecule has 1 aliphatic heterocycles. The van der Waals surface area contributed by atoms with Crippen molar-refractivity contribution in [2.24, 2.45) is 17.8 Å². The molecule has 0 unspecified atom stereocenters. The van der Waals surface area contributed by atoms with Crippen molar-refractivity contribution in [3.63, 3.8) is 0 Å². The van der Waals surface area contributed by atoms with E-state index in [0.717, 1.165) is 13.1 Å².